The quantitative estimate of drug-likeness (QED) is 0.126. The normalized spacial score (nSPS) is 11.1. The van der Waals surface area contributed by atoms with Crippen LogP contribution in [0.2, 0.25) is 0 Å². The highest BCUT2D eigenvalue weighted by atomic mass is 32.1. The second-order valence-corrected chi connectivity index (χ2v) is 8.22. The van der Waals surface area contributed by atoms with Gasteiger partial charge in [0.15, 0.2) is 17.5 Å². The van der Waals surface area contributed by atoms with Crippen LogP contribution in [0.4, 0.5) is 35.8 Å². The van der Waals surface area contributed by atoms with Crippen LogP contribution in [0.25, 0.3) is 11.1 Å². The highest BCUT2D eigenvalue weighted by Gasteiger charge is 2.23. The van der Waals surface area contributed by atoms with Gasteiger partial charge in [-0.3, -0.25) is 5.32 Å². The summed E-state index contributed by atoms with van der Waals surface area (Å²) in [5.41, 5.74) is 7.96. The van der Waals surface area contributed by atoms with Crippen LogP contribution in [-0.2, 0) is 0 Å². The topological polar surface area (TPSA) is 134 Å². The lowest BCUT2D eigenvalue weighted by molar-refractivity contribution is 0.262. The van der Waals surface area contributed by atoms with Crippen molar-refractivity contribution in [2.24, 2.45) is 16.0 Å². The van der Waals surface area contributed by atoms with Gasteiger partial charge in [0.1, 0.15) is 11.5 Å². The molecule has 2 aromatic heterocycles. The molecule has 2 amide bonds. The summed E-state index contributed by atoms with van der Waals surface area (Å²) in [5, 5.41) is 16.5. The monoisotopic (exact) mass is 506 g/mol. The summed E-state index contributed by atoms with van der Waals surface area (Å²) in [6.45, 7) is 3.42. The maximum absolute atomic E-state index is 14.4. The van der Waals surface area contributed by atoms with Gasteiger partial charge >= 0.3 is 6.03 Å². The van der Waals surface area contributed by atoms with Crippen LogP contribution in [-0.4, -0.2) is 23.6 Å². The highest BCUT2D eigenvalue weighted by Crippen LogP contribution is 2.28. The van der Waals surface area contributed by atoms with Gasteiger partial charge in [-0.15, -0.1) is 11.3 Å². The lowest BCUT2D eigenvalue weighted by Gasteiger charge is -2.21. The van der Waals surface area contributed by atoms with E-state index in [1.165, 1.54) is 29.7 Å². The van der Waals surface area contributed by atoms with Crippen LogP contribution in [0.3, 0.4) is 0 Å². The van der Waals surface area contributed by atoms with E-state index in [0.29, 0.717) is 11.3 Å². The number of nitrogens with one attached hydrogen (secondary N) is 2. The Bertz CT molecular complexity index is 1420. The van der Waals surface area contributed by atoms with Crippen molar-refractivity contribution in [1.29, 1.82) is 0 Å². The number of amidine groups is 1. The van der Waals surface area contributed by atoms with Crippen LogP contribution in [0, 0.1) is 11.6 Å². The first kappa shape index (κ1) is 24.3. The van der Waals surface area contributed by atoms with Crippen LogP contribution >= 0.6 is 11.3 Å². The largest absolute Gasteiger partial charge is 0.383 e. The van der Waals surface area contributed by atoms with Crippen molar-refractivity contribution in [2.45, 2.75) is 0 Å². The van der Waals surface area contributed by atoms with Gasteiger partial charge in [0.2, 0.25) is 0 Å². The molecule has 0 fully saturated rings. The summed E-state index contributed by atoms with van der Waals surface area (Å²) in [7, 11) is 0. The molecule has 0 bridgehead atoms. The average molecular weight is 507 g/mol. The molecule has 0 aliphatic heterocycles. The minimum Gasteiger partial charge on any atom is -0.383 e. The van der Waals surface area contributed by atoms with Gasteiger partial charge in [0.05, 0.1) is 10.6 Å². The fourth-order valence-corrected chi connectivity index (χ4v) is 3.95. The number of hydrogen-bond acceptors (Lipinski definition) is 7. The molecule has 6 N–H and O–H groups in total. The Balaban J connectivity index is 1.59. The molecular weight excluding hydrogens is 486 g/mol. The van der Waals surface area contributed by atoms with Gasteiger partial charge in [-0.2, -0.15) is 10.2 Å². The van der Waals surface area contributed by atoms with Crippen molar-refractivity contribution in [3.63, 3.8) is 0 Å². The van der Waals surface area contributed by atoms with Crippen LogP contribution in [0.1, 0.15) is 5.56 Å². The fourth-order valence-electron chi connectivity index (χ4n) is 3.33. The zero-order chi connectivity index (χ0) is 25.7. The molecule has 2 aromatic carbocycles. The Morgan fingerprint density at radius 2 is 1.83 bits per heavy atom. The van der Waals surface area contributed by atoms with Crippen molar-refractivity contribution in [2.75, 3.05) is 21.4 Å². The molecule has 0 radical (unpaired) electrons. The van der Waals surface area contributed by atoms with Gasteiger partial charge in [-0.05, 0) is 53.4 Å². The number of nitrogens with zero attached hydrogens (tertiary/aromatic N) is 4. The van der Waals surface area contributed by atoms with Crippen LogP contribution < -0.4 is 27.2 Å². The Morgan fingerprint density at radius 1 is 1.06 bits per heavy atom. The molecule has 12 heteroatoms. The second-order valence-electron chi connectivity index (χ2n) is 7.27. The number of amides is 2. The summed E-state index contributed by atoms with van der Waals surface area (Å²) in [4.78, 5) is 16.3. The molecule has 0 aliphatic rings. The van der Waals surface area contributed by atoms with Crippen molar-refractivity contribution in [1.82, 2.24) is 4.98 Å². The van der Waals surface area contributed by atoms with E-state index in [0.717, 1.165) is 21.6 Å². The fraction of sp³-hybridized carbons (Fsp3) is 0. The van der Waals surface area contributed by atoms with Crippen LogP contribution in [0.5, 0.6) is 0 Å². The SMILES string of the molecule is C=NN(/C(=N\N)c1cc(-c2ccc(NC(=O)Nc3cccs3)cc2)cnc1N)c1cccc(F)c1F. The Hall–Kier alpha value is -4.84. The number of urea groups is 1. The summed E-state index contributed by atoms with van der Waals surface area (Å²) in [5.74, 6) is 3.31. The summed E-state index contributed by atoms with van der Waals surface area (Å²) >= 11 is 1.41. The first-order valence-corrected chi connectivity index (χ1v) is 11.3. The number of carbonyl (C=O) groups is 1. The maximum atomic E-state index is 14.4. The van der Waals surface area contributed by atoms with Gasteiger partial charge in [0.25, 0.3) is 0 Å². The molecule has 0 unspecified atom stereocenters. The Morgan fingerprint density at radius 3 is 2.50 bits per heavy atom. The van der Waals surface area contributed by atoms with E-state index in [4.69, 9.17) is 11.6 Å². The standard InChI is InChI=1S/C24H20F2N8OS/c1-29-34(19-5-2-4-18(25)21(19)26)23(33-28)17-12-15(13-30-22(17)27)14-7-9-16(10-8-14)31-24(35)32-20-6-3-11-36-20/h2-13H,1,28H2,(H2,27,30)(H2,31,32,35)/b33-23-. The van der Waals surface area contributed by atoms with E-state index < -0.39 is 11.6 Å². The van der Waals surface area contributed by atoms with Crippen molar-refractivity contribution in [3.8, 4) is 11.1 Å². The molecule has 4 rings (SSSR count). The number of benzene rings is 2. The predicted molar refractivity (Wildman–Crippen MR) is 140 cm³/mol. The summed E-state index contributed by atoms with van der Waals surface area (Å²) in [6.07, 6.45) is 1.54. The number of pyridine rings is 1. The zero-order valence-corrected chi connectivity index (χ0v) is 19.5. The Kier molecular flexibility index (Phi) is 7.16. The first-order valence-electron chi connectivity index (χ1n) is 10.4. The average Bonchev–Trinajstić information content (AvgIpc) is 3.38. The number of aromatic nitrogens is 1. The van der Waals surface area contributed by atoms with Crippen molar-refractivity contribution in [3.05, 3.63) is 89.4 Å². The van der Waals surface area contributed by atoms with Crippen LogP contribution in [0.15, 0.2) is 82.4 Å². The molecule has 0 atom stereocenters. The van der Waals surface area contributed by atoms with E-state index in [-0.39, 0.29) is 28.9 Å². The molecular formula is C24H20F2N8OS. The number of rotatable bonds is 6. The van der Waals surface area contributed by atoms with E-state index in [1.54, 1.807) is 36.4 Å². The molecule has 0 aliphatic carbocycles. The lowest BCUT2D eigenvalue weighted by Crippen LogP contribution is -2.29. The number of nitrogen functional groups attached to an aromatic ring is 1. The predicted octanol–water partition coefficient (Wildman–Crippen LogP) is 5.06. The summed E-state index contributed by atoms with van der Waals surface area (Å²) in [6, 6.07) is 15.5. The van der Waals surface area contributed by atoms with E-state index in [1.807, 2.05) is 11.4 Å². The number of hydrazone groups is 2. The van der Waals surface area contributed by atoms with E-state index >= 15 is 0 Å². The number of halogens is 2. The number of carbonyl (C=O) groups excluding carboxylic acids is 1. The minimum atomic E-state index is -1.15. The van der Waals surface area contributed by atoms with Gasteiger partial charge in [-0.1, -0.05) is 18.2 Å². The van der Waals surface area contributed by atoms with E-state index in [2.05, 4.69) is 32.5 Å². The number of nitrogens with two attached hydrogens (primary N) is 2. The molecule has 4 aromatic rings. The maximum Gasteiger partial charge on any atom is 0.324 e. The van der Waals surface area contributed by atoms with Gasteiger partial charge < -0.3 is 16.9 Å². The third-order valence-electron chi connectivity index (χ3n) is 5.02. The number of thiophene rings is 1. The summed E-state index contributed by atoms with van der Waals surface area (Å²) < 4.78 is 28.3. The molecule has 36 heavy (non-hydrogen) atoms. The molecule has 0 saturated heterocycles. The van der Waals surface area contributed by atoms with Crippen molar-refractivity contribution >= 4 is 52.1 Å². The first-order chi connectivity index (χ1) is 17.4. The highest BCUT2D eigenvalue weighted by molar-refractivity contribution is 7.14. The zero-order valence-electron chi connectivity index (χ0n) is 18.7. The lowest BCUT2D eigenvalue weighted by atomic mass is 10.0. The molecule has 0 spiro atoms. The molecule has 182 valence electrons. The third kappa shape index (κ3) is 5.13. The molecule has 2 heterocycles. The van der Waals surface area contributed by atoms with Crippen molar-refractivity contribution < 1.29 is 13.6 Å². The molecule has 9 nitrogen and oxygen atoms in total. The molecule has 0 saturated carbocycles. The Labute approximate surface area is 208 Å². The van der Waals surface area contributed by atoms with E-state index in [9.17, 15) is 13.6 Å². The number of anilines is 4. The smallest absolute Gasteiger partial charge is 0.324 e. The second kappa shape index (κ2) is 10.6. The third-order valence-corrected chi connectivity index (χ3v) is 5.80. The van der Waals surface area contributed by atoms with Gasteiger partial charge in [0, 0.05) is 24.2 Å². The van der Waals surface area contributed by atoms with Gasteiger partial charge in [-0.25, -0.2) is 23.6 Å². The minimum absolute atomic E-state index is 0.0388. The number of hydrogen-bond donors (Lipinski definition) is 4.